The fourth-order valence-electron chi connectivity index (χ4n) is 2.76. The molecule has 0 aliphatic rings. The maximum Gasteiger partial charge on any atom is 0.346 e. The normalized spacial score (nSPS) is 12.0. The number of hydrogen-bond acceptors (Lipinski definition) is 4. The third-order valence-corrected chi connectivity index (χ3v) is 4.33. The van der Waals surface area contributed by atoms with Crippen molar-refractivity contribution in [2.24, 2.45) is 0 Å². The van der Waals surface area contributed by atoms with Crippen LogP contribution in [0.3, 0.4) is 0 Å². The van der Waals surface area contributed by atoms with Crippen LogP contribution < -0.4 is 0 Å². The molecule has 24 heavy (non-hydrogen) atoms. The number of hydrogen-bond donors (Lipinski definition) is 0. The van der Waals surface area contributed by atoms with Crippen LogP contribution in [0.4, 0.5) is 0 Å². The molecule has 0 rings (SSSR count). The molecule has 0 bridgehead atoms. The van der Waals surface area contributed by atoms with Crippen molar-refractivity contribution in [3.8, 4) is 0 Å². The summed E-state index contributed by atoms with van der Waals surface area (Å²) in [6.45, 7) is 3.79. The number of esters is 2. The monoisotopic (exact) mass is 342 g/mol. The van der Waals surface area contributed by atoms with Crippen LogP contribution in [0.25, 0.3) is 0 Å². The molecule has 0 aliphatic heterocycles. The first-order chi connectivity index (χ1) is 11.6. The summed E-state index contributed by atoms with van der Waals surface area (Å²) in [6.07, 6.45) is 16.2. The predicted octanol–water partition coefficient (Wildman–Crippen LogP) is 5.57. The van der Waals surface area contributed by atoms with Crippen LogP contribution in [0.5, 0.6) is 0 Å². The Morgan fingerprint density at radius 2 is 1.17 bits per heavy atom. The Morgan fingerprint density at radius 1 is 0.750 bits per heavy atom. The molecule has 4 nitrogen and oxygen atoms in total. The van der Waals surface area contributed by atoms with Crippen LogP contribution in [0.1, 0.15) is 104 Å². The second-order valence-electron chi connectivity index (χ2n) is 6.65. The van der Waals surface area contributed by atoms with E-state index in [2.05, 4.69) is 11.7 Å². The van der Waals surface area contributed by atoms with Gasteiger partial charge in [-0.05, 0) is 13.3 Å². The Bertz CT molecular complexity index is 315. The minimum atomic E-state index is -0.801. The van der Waals surface area contributed by atoms with E-state index < -0.39 is 12.1 Å². The average molecular weight is 343 g/mol. The van der Waals surface area contributed by atoms with Crippen LogP contribution in [0, 0.1) is 0 Å². The maximum absolute atomic E-state index is 11.5. The number of ether oxygens (including phenoxy) is 2. The quantitative estimate of drug-likeness (QED) is 0.272. The second-order valence-corrected chi connectivity index (χ2v) is 6.65. The van der Waals surface area contributed by atoms with Crippen molar-refractivity contribution in [2.45, 2.75) is 110 Å². The average Bonchev–Trinajstić information content (AvgIpc) is 2.58. The van der Waals surface area contributed by atoms with E-state index in [-0.39, 0.29) is 5.97 Å². The number of carbonyl (C=O) groups is 2. The Labute approximate surface area is 148 Å². The number of carbonyl (C=O) groups excluding carboxylic acids is 2. The van der Waals surface area contributed by atoms with E-state index in [1.165, 1.54) is 84.7 Å². The lowest BCUT2D eigenvalue weighted by Crippen LogP contribution is -2.25. The molecule has 142 valence electrons. The molecule has 0 aromatic heterocycles. The van der Waals surface area contributed by atoms with Gasteiger partial charge in [0, 0.05) is 6.42 Å². The Hall–Kier alpha value is -1.06. The van der Waals surface area contributed by atoms with E-state index in [4.69, 9.17) is 4.74 Å². The summed E-state index contributed by atoms with van der Waals surface area (Å²) in [6, 6.07) is 0. The standard InChI is InChI=1S/C20H38O4/c1-4-5-6-7-8-9-10-11-12-13-14-15-16-17-19(21)24-18(2)20(22)23-3/h18H,4-17H2,1-3H3. The van der Waals surface area contributed by atoms with E-state index in [9.17, 15) is 9.59 Å². The van der Waals surface area contributed by atoms with Gasteiger partial charge in [0.15, 0.2) is 6.10 Å². The number of methoxy groups -OCH3 is 1. The first-order valence-corrected chi connectivity index (χ1v) is 9.89. The molecule has 4 heteroatoms. The van der Waals surface area contributed by atoms with Gasteiger partial charge in [0.1, 0.15) is 0 Å². The largest absolute Gasteiger partial charge is 0.466 e. The maximum atomic E-state index is 11.5. The van der Waals surface area contributed by atoms with Crippen LogP contribution >= 0.6 is 0 Å². The lowest BCUT2D eigenvalue weighted by Gasteiger charge is -2.10. The molecular formula is C20H38O4. The fraction of sp³-hybridized carbons (Fsp3) is 0.900. The van der Waals surface area contributed by atoms with Gasteiger partial charge >= 0.3 is 11.9 Å². The molecule has 0 saturated heterocycles. The summed E-state index contributed by atoms with van der Waals surface area (Å²) in [7, 11) is 1.29. The van der Waals surface area contributed by atoms with Gasteiger partial charge in [-0.2, -0.15) is 0 Å². The molecule has 0 amide bonds. The van der Waals surface area contributed by atoms with Crippen molar-refractivity contribution in [3.63, 3.8) is 0 Å². The van der Waals surface area contributed by atoms with Crippen LogP contribution in [0.2, 0.25) is 0 Å². The van der Waals surface area contributed by atoms with Crippen LogP contribution in [-0.2, 0) is 19.1 Å². The van der Waals surface area contributed by atoms with E-state index in [1.807, 2.05) is 0 Å². The van der Waals surface area contributed by atoms with Gasteiger partial charge in [-0.1, -0.05) is 84.0 Å². The highest BCUT2D eigenvalue weighted by atomic mass is 16.6. The minimum Gasteiger partial charge on any atom is -0.466 e. The Morgan fingerprint density at radius 3 is 1.58 bits per heavy atom. The summed E-state index contributed by atoms with van der Waals surface area (Å²) in [5.41, 5.74) is 0. The summed E-state index contributed by atoms with van der Waals surface area (Å²) in [5, 5.41) is 0. The summed E-state index contributed by atoms with van der Waals surface area (Å²) < 4.78 is 9.52. The zero-order chi connectivity index (χ0) is 18.0. The molecule has 0 aromatic rings. The molecule has 0 N–H and O–H groups in total. The van der Waals surface area contributed by atoms with Crippen molar-refractivity contribution in [1.82, 2.24) is 0 Å². The topological polar surface area (TPSA) is 52.6 Å². The van der Waals surface area contributed by atoms with Gasteiger partial charge in [0.25, 0.3) is 0 Å². The SMILES string of the molecule is CCCCCCCCCCCCCCCC(=O)OC(C)C(=O)OC. The fourth-order valence-corrected chi connectivity index (χ4v) is 2.76. The van der Waals surface area contributed by atoms with E-state index in [0.29, 0.717) is 6.42 Å². The summed E-state index contributed by atoms with van der Waals surface area (Å²) in [4.78, 5) is 22.7. The summed E-state index contributed by atoms with van der Waals surface area (Å²) in [5.74, 6) is -0.815. The first-order valence-electron chi connectivity index (χ1n) is 9.89. The lowest BCUT2D eigenvalue weighted by atomic mass is 10.0. The van der Waals surface area contributed by atoms with Gasteiger partial charge in [-0.25, -0.2) is 4.79 Å². The molecule has 0 heterocycles. The van der Waals surface area contributed by atoms with Gasteiger partial charge in [0.2, 0.25) is 0 Å². The molecule has 1 unspecified atom stereocenters. The molecule has 0 saturated carbocycles. The van der Waals surface area contributed by atoms with Crippen LogP contribution in [0.15, 0.2) is 0 Å². The predicted molar refractivity (Wildman–Crippen MR) is 97.9 cm³/mol. The summed E-state index contributed by atoms with van der Waals surface area (Å²) >= 11 is 0. The van der Waals surface area contributed by atoms with Gasteiger partial charge < -0.3 is 9.47 Å². The van der Waals surface area contributed by atoms with Crippen molar-refractivity contribution in [1.29, 1.82) is 0 Å². The first kappa shape index (κ1) is 22.9. The molecular weight excluding hydrogens is 304 g/mol. The molecule has 0 fully saturated rings. The van der Waals surface area contributed by atoms with Crippen molar-refractivity contribution >= 4 is 11.9 Å². The zero-order valence-corrected chi connectivity index (χ0v) is 16.1. The highest BCUT2D eigenvalue weighted by Gasteiger charge is 2.17. The lowest BCUT2D eigenvalue weighted by molar-refractivity contribution is -0.164. The Kier molecular flexibility index (Phi) is 16.0. The highest BCUT2D eigenvalue weighted by Crippen LogP contribution is 2.13. The van der Waals surface area contributed by atoms with Crippen molar-refractivity contribution in [2.75, 3.05) is 7.11 Å². The molecule has 0 radical (unpaired) electrons. The third kappa shape index (κ3) is 14.5. The second kappa shape index (κ2) is 16.8. The van der Waals surface area contributed by atoms with Crippen LogP contribution in [-0.4, -0.2) is 25.2 Å². The zero-order valence-electron chi connectivity index (χ0n) is 16.1. The van der Waals surface area contributed by atoms with Gasteiger partial charge in [0.05, 0.1) is 7.11 Å². The van der Waals surface area contributed by atoms with Gasteiger partial charge in [-0.15, -0.1) is 0 Å². The van der Waals surface area contributed by atoms with E-state index in [1.54, 1.807) is 0 Å². The van der Waals surface area contributed by atoms with Crippen molar-refractivity contribution in [3.05, 3.63) is 0 Å². The van der Waals surface area contributed by atoms with E-state index >= 15 is 0 Å². The third-order valence-electron chi connectivity index (χ3n) is 4.33. The smallest absolute Gasteiger partial charge is 0.346 e. The Balaban J connectivity index is 3.27. The molecule has 1 atom stereocenters. The number of unbranched alkanes of at least 4 members (excludes halogenated alkanes) is 12. The van der Waals surface area contributed by atoms with Crippen molar-refractivity contribution < 1.29 is 19.1 Å². The molecule has 0 spiro atoms. The molecule has 0 aromatic carbocycles. The molecule has 0 aliphatic carbocycles. The highest BCUT2D eigenvalue weighted by molar-refractivity contribution is 5.78. The van der Waals surface area contributed by atoms with E-state index in [0.717, 1.165) is 12.8 Å². The van der Waals surface area contributed by atoms with Gasteiger partial charge in [-0.3, -0.25) is 4.79 Å². The minimum absolute atomic E-state index is 0.309. The number of rotatable bonds is 16.